The SMILES string of the molecule is [2H]c1c([2H])c([2H])c2c(c1[2H])c1c([2H])c(-n3c4c([2H])c([2H])c([2H])c([2H])c4c4c([2H])c([2H])c([2H])c([2H])c43)c([2H])c([2H])c1n2-c1cccc(Br)c1. The summed E-state index contributed by atoms with van der Waals surface area (Å²) >= 11 is 3.40. The first-order valence-corrected chi connectivity index (χ1v) is 10.6. The van der Waals surface area contributed by atoms with Crippen molar-refractivity contribution in [2.75, 3.05) is 0 Å². The summed E-state index contributed by atoms with van der Waals surface area (Å²) in [5.74, 6) is 0. The molecule has 0 bridgehead atoms. The topological polar surface area (TPSA) is 9.86 Å². The Hall–Kier alpha value is -3.82. The molecule has 0 unspecified atom stereocenters. The van der Waals surface area contributed by atoms with E-state index in [2.05, 4.69) is 15.9 Å². The second kappa shape index (κ2) is 7.09. The fourth-order valence-electron chi connectivity index (χ4n) is 4.13. The number of hydrogen-bond acceptors (Lipinski definition) is 0. The van der Waals surface area contributed by atoms with Gasteiger partial charge < -0.3 is 9.13 Å². The number of aromatic nitrogens is 2. The lowest BCUT2D eigenvalue weighted by molar-refractivity contribution is 1.16. The van der Waals surface area contributed by atoms with E-state index in [1.54, 1.807) is 24.3 Å². The predicted molar refractivity (Wildman–Crippen MR) is 143 cm³/mol. The van der Waals surface area contributed by atoms with E-state index in [1.165, 1.54) is 4.57 Å². The summed E-state index contributed by atoms with van der Waals surface area (Å²) in [5, 5.41) is -0.844. The number of fused-ring (bicyclic) bond motifs is 6. The lowest BCUT2D eigenvalue weighted by Gasteiger charge is -2.10. The molecule has 0 saturated carbocycles. The Morgan fingerprint density at radius 2 is 1.06 bits per heavy atom. The highest BCUT2D eigenvalue weighted by Gasteiger charge is 2.16. The molecule has 0 aliphatic heterocycles. The Kier molecular flexibility index (Phi) is 1.98. The van der Waals surface area contributed by atoms with Gasteiger partial charge in [0.05, 0.1) is 42.6 Å². The fraction of sp³-hybridized carbons (Fsp3) is 0. The monoisotopic (exact) mass is 501 g/mol. The maximum absolute atomic E-state index is 9.55. The largest absolute Gasteiger partial charge is 0.309 e. The Morgan fingerprint density at radius 1 is 0.545 bits per heavy atom. The third kappa shape index (κ3) is 2.73. The number of hydrogen-bond donors (Lipinski definition) is 0. The van der Waals surface area contributed by atoms with Crippen LogP contribution in [0.1, 0.15) is 20.6 Å². The average molecular weight is 502 g/mol. The lowest BCUT2D eigenvalue weighted by atomic mass is 10.1. The highest BCUT2D eigenvalue weighted by molar-refractivity contribution is 9.10. The van der Waals surface area contributed by atoms with Gasteiger partial charge in [-0.3, -0.25) is 0 Å². The molecular weight excluding hydrogens is 468 g/mol. The molecule has 0 aliphatic rings. The molecule has 7 aromatic rings. The van der Waals surface area contributed by atoms with Crippen molar-refractivity contribution >= 4 is 59.5 Å². The molecule has 2 heterocycles. The van der Waals surface area contributed by atoms with E-state index in [1.807, 2.05) is 0 Å². The van der Waals surface area contributed by atoms with Gasteiger partial charge in [-0.15, -0.1) is 0 Å². The molecule has 0 saturated heterocycles. The molecule has 2 nitrogen and oxygen atoms in total. The highest BCUT2D eigenvalue weighted by atomic mass is 79.9. The first-order chi connectivity index (χ1) is 22.5. The van der Waals surface area contributed by atoms with E-state index >= 15 is 0 Å². The summed E-state index contributed by atoms with van der Waals surface area (Å²) in [7, 11) is 0. The van der Waals surface area contributed by atoms with Crippen LogP contribution in [0.5, 0.6) is 0 Å². The summed E-state index contributed by atoms with van der Waals surface area (Å²) in [4.78, 5) is 0. The second-order valence-electron chi connectivity index (χ2n) is 7.27. The third-order valence-corrected chi connectivity index (χ3v) is 5.96. The minimum atomic E-state index is -0.697. The summed E-state index contributed by atoms with van der Waals surface area (Å²) in [6.45, 7) is 0. The van der Waals surface area contributed by atoms with Crippen LogP contribution in [0.2, 0.25) is 0 Å². The summed E-state index contributed by atoms with van der Waals surface area (Å²) < 4.78 is 134. The zero-order valence-corrected chi connectivity index (χ0v) is 18.2. The van der Waals surface area contributed by atoms with Crippen molar-refractivity contribution in [2.45, 2.75) is 0 Å². The van der Waals surface area contributed by atoms with Crippen LogP contribution in [-0.4, -0.2) is 9.13 Å². The molecule has 156 valence electrons. The molecule has 0 radical (unpaired) electrons. The fourth-order valence-corrected chi connectivity index (χ4v) is 4.52. The summed E-state index contributed by atoms with van der Waals surface area (Å²) in [6, 6.07) is -2.48. The average Bonchev–Trinajstić information content (AvgIpc) is 3.60. The molecule has 5 aromatic carbocycles. The minimum Gasteiger partial charge on any atom is -0.309 e. The van der Waals surface area contributed by atoms with Gasteiger partial charge in [0.2, 0.25) is 0 Å². The highest BCUT2D eigenvalue weighted by Crippen LogP contribution is 2.36. The van der Waals surface area contributed by atoms with Gasteiger partial charge in [0, 0.05) is 37.4 Å². The number of nitrogens with zero attached hydrogens (tertiary/aromatic N) is 2. The first-order valence-electron chi connectivity index (χ1n) is 17.4. The molecular formula is C30H19BrN2. The molecule has 0 atom stereocenters. The van der Waals surface area contributed by atoms with Crippen molar-refractivity contribution in [2.24, 2.45) is 0 Å². The zero-order valence-electron chi connectivity index (χ0n) is 31.6. The van der Waals surface area contributed by atoms with Crippen LogP contribution in [0.4, 0.5) is 0 Å². The molecule has 0 spiro atoms. The van der Waals surface area contributed by atoms with E-state index in [0.29, 0.717) is 10.2 Å². The quantitative estimate of drug-likeness (QED) is 0.224. The smallest absolute Gasteiger partial charge is 0.0652 e. The van der Waals surface area contributed by atoms with E-state index in [-0.39, 0.29) is 43.6 Å². The van der Waals surface area contributed by atoms with Crippen LogP contribution in [0.15, 0.2) is 119 Å². The van der Waals surface area contributed by atoms with Gasteiger partial charge in [-0.05, 0) is 54.5 Å². The van der Waals surface area contributed by atoms with Crippen molar-refractivity contribution in [1.82, 2.24) is 9.13 Å². The standard InChI is InChI=1S/C30H19BrN2/c31-20-8-7-9-21(18-20)32-29-15-6-3-12-25(29)26-19-22(16-17-30(26)32)33-27-13-4-1-10-23(27)24-11-2-5-14-28(24)33/h1-19H/i1D,2D,3D,4D,5D,6D,10D,11D,12D,13D,14D,15D,16D,17D,19D. The van der Waals surface area contributed by atoms with Crippen molar-refractivity contribution < 1.29 is 20.6 Å². The Labute approximate surface area is 220 Å². The van der Waals surface area contributed by atoms with Crippen LogP contribution in [0.3, 0.4) is 0 Å². The van der Waals surface area contributed by atoms with Crippen LogP contribution in [-0.2, 0) is 0 Å². The normalized spacial score (nSPS) is 18.2. The van der Waals surface area contributed by atoms with Crippen molar-refractivity contribution in [3.05, 3.63) is 119 Å². The Bertz CT molecular complexity index is 2560. The van der Waals surface area contributed by atoms with Gasteiger partial charge in [-0.1, -0.05) is 76.4 Å². The van der Waals surface area contributed by atoms with E-state index in [9.17, 15) is 4.11 Å². The van der Waals surface area contributed by atoms with Gasteiger partial charge in [0.15, 0.2) is 0 Å². The number of halogens is 1. The Morgan fingerprint density at radius 3 is 1.67 bits per heavy atom. The second-order valence-corrected chi connectivity index (χ2v) is 8.18. The lowest BCUT2D eigenvalue weighted by Crippen LogP contribution is -1.95. The molecule has 33 heavy (non-hydrogen) atoms. The first kappa shape index (κ1) is 9.20. The van der Waals surface area contributed by atoms with E-state index in [0.717, 1.165) is 4.57 Å². The van der Waals surface area contributed by atoms with Gasteiger partial charge in [-0.2, -0.15) is 0 Å². The molecule has 0 N–H and O–H groups in total. The summed E-state index contributed by atoms with van der Waals surface area (Å²) in [5.41, 5.74) is -0.974. The van der Waals surface area contributed by atoms with Gasteiger partial charge in [0.25, 0.3) is 0 Å². The van der Waals surface area contributed by atoms with Crippen LogP contribution < -0.4 is 0 Å². The molecule has 3 heteroatoms. The van der Waals surface area contributed by atoms with Crippen molar-refractivity contribution in [3.63, 3.8) is 0 Å². The molecule has 2 aromatic heterocycles. The molecule has 0 fully saturated rings. The maximum Gasteiger partial charge on any atom is 0.0652 e. The zero-order chi connectivity index (χ0) is 35.0. The van der Waals surface area contributed by atoms with Crippen molar-refractivity contribution in [3.8, 4) is 11.4 Å². The number of rotatable bonds is 2. The minimum absolute atomic E-state index is 0.0706. The van der Waals surface area contributed by atoms with Crippen molar-refractivity contribution in [1.29, 1.82) is 0 Å². The van der Waals surface area contributed by atoms with Crippen LogP contribution >= 0.6 is 15.9 Å². The van der Waals surface area contributed by atoms with E-state index < -0.39 is 96.3 Å². The van der Waals surface area contributed by atoms with E-state index in [4.69, 9.17) is 16.4 Å². The van der Waals surface area contributed by atoms with Gasteiger partial charge >= 0.3 is 0 Å². The third-order valence-electron chi connectivity index (χ3n) is 5.47. The number of para-hydroxylation sites is 3. The Balaban J connectivity index is 1.84. The number of benzene rings is 5. The molecule has 0 aliphatic carbocycles. The van der Waals surface area contributed by atoms with Crippen LogP contribution in [0.25, 0.3) is 55.0 Å². The summed E-state index contributed by atoms with van der Waals surface area (Å²) in [6.07, 6.45) is 0. The van der Waals surface area contributed by atoms with Crippen LogP contribution in [0, 0.1) is 0 Å². The van der Waals surface area contributed by atoms with Gasteiger partial charge in [0.1, 0.15) is 0 Å². The van der Waals surface area contributed by atoms with Gasteiger partial charge in [-0.25, -0.2) is 0 Å². The predicted octanol–water partition coefficient (Wildman–Crippen LogP) is 8.64. The molecule has 7 rings (SSSR count). The maximum atomic E-state index is 9.55. The molecule has 0 amide bonds.